The van der Waals surface area contributed by atoms with Crippen molar-refractivity contribution in [2.45, 2.75) is 37.8 Å². The average Bonchev–Trinajstić information content (AvgIpc) is 2.94. The van der Waals surface area contributed by atoms with E-state index in [2.05, 4.69) is 21.2 Å². The van der Waals surface area contributed by atoms with Crippen LogP contribution in [0.4, 0.5) is 4.39 Å². The number of halogens is 2. The second-order valence-electron chi connectivity index (χ2n) is 5.27. The molecule has 2 saturated heterocycles. The summed E-state index contributed by atoms with van der Waals surface area (Å²) < 4.78 is 14.4. The highest BCUT2D eigenvalue weighted by atomic mass is 79.9. The van der Waals surface area contributed by atoms with Crippen LogP contribution in [-0.2, 0) is 11.2 Å². The van der Waals surface area contributed by atoms with Gasteiger partial charge >= 0.3 is 0 Å². The Morgan fingerprint density at radius 3 is 2.89 bits per heavy atom. The van der Waals surface area contributed by atoms with Gasteiger partial charge in [-0.3, -0.25) is 4.79 Å². The van der Waals surface area contributed by atoms with Crippen LogP contribution < -0.4 is 5.32 Å². The first-order chi connectivity index (χ1) is 8.63. The molecule has 3 unspecified atom stereocenters. The van der Waals surface area contributed by atoms with E-state index in [0.29, 0.717) is 22.1 Å². The molecule has 0 radical (unpaired) electrons. The van der Waals surface area contributed by atoms with Gasteiger partial charge in [-0.25, -0.2) is 4.39 Å². The zero-order chi connectivity index (χ0) is 12.7. The number of rotatable bonds is 3. The SMILES string of the molecule is O=C(Cc1ccc(Br)cc1F)C1CC2CCC1N2. The minimum absolute atomic E-state index is 0.0896. The topological polar surface area (TPSA) is 29.1 Å². The van der Waals surface area contributed by atoms with Crippen LogP contribution >= 0.6 is 15.9 Å². The zero-order valence-electron chi connectivity index (χ0n) is 9.96. The third kappa shape index (κ3) is 2.24. The van der Waals surface area contributed by atoms with Crippen molar-refractivity contribution in [2.24, 2.45) is 5.92 Å². The van der Waals surface area contributed by atoms with E-state index in [9.17, 15) is 9.18 Å². The summed E-state index contributed by atoms with van der Waals surface area (Å²) in [6.45, 7) is 0. The average molecular weight is 312 g/mol. The Morgan fingerprint density at radius 1 is 1.44 bits per heavy atom. The number of benzene rings is 1. The summed E-state index contributed by atoms with van der Waals surface area (Å²) in [6.07, 6.45) is 3.42. The highest BCUT2D eigenvalue weighted by molar-refractivity contribution is 9.10. The van der Waals surface area contributed by atoms with Crippen LogP contribution in [0.3, 0.4) is 0 Å². The monoisotopic (exact) mass is 311 g/mol. The van der Waals surface area contributed by atoms with Gasteiger partial charge in [0.1, 0.15) is 11.6 Å². The standard InChI is InChI=1S/C14H15BrFNO/c15-9-2-1-8(12(16)6-9)5-14(18)11-7-10-3-4-13(11)17-10/h1-2,6,10-11,13,17H,3-5,7H2. The number of carbonyl (C=O) groups is 1. The molecule has 0 saturated carbocycles. The third-order valence-corrected chi connectivity index (χ3v) is 4.59. The van der Waals surface area contributed by atoms with E-state index in [1.807, 2.05) is 0 Å². The van der Waals surface area contributed by atoms with Gasteiger partial charge in [0.15, 0.2) is 0 Å². The number of nitrogens with one attached hydrogen (secondary N) is 1. The van der Waals surface area contributed by atoms with Gasteiger partial charge in [0, 0.05) is 28.9 Å². The molecule has 0 aliphatic carbocycles. The molecule has 4 heteroatoms. The van der Waals surface area contributed by atoms with Crippen molar-refractivity contribution in [3.63, 3.8) is 0 Å². The first-order valence-corrected chi connectivity index (χ1v) is 7.15. The lowest BCUT2D eigenvalue weighted by Crippen LogP contribution is -2.29. The molecule has 0 aromatic heterocycles. The number of fused-ring (bicyclic) bond motifs is 2. The summed E-state index contributed by atoms with van der Waals surface area (Å²) in [7, 11) is 0. The third-order valence-electron chi connectivity index (χ3n) is 4.09. The Kier molecular flexibility index (Phi) is 3.24. The van der Waals surface area contributed by atoms with Crippen molar-refractivity contribution >= 4 is 21.7 Å². The Morgan fingerprint density at radius 2 is 2.28 bits per heavy atom. The molecule has 1 N–H and O–H groups in total. The fourth-order valence-electron chi connectivity index (χ4n) is 3.16. The van der Waals surface area contributed by atoms with Crippen LogP contribution in [0.2, 0.25) is 0 Å². The van der Waals surface area contributed by atoms with Crippen LogP contribution in [0.15, 0.2) is 22.7 Å². The highest BCUT2D eigenvalue weighted by Crippen LogP contribution is 2.34. The number of carbonyl (C=O) groups excluding carboxylic acids is 1. The number of ketones is 1. The molecule has 0 spiro atoms. The molecule has 2 fully saturated rings. The van der Waals surface area contributed by atoms with E-state index >= 15 is 0 Å². The van der Waals surface area contributed by atoms with E-state index in [0.717, 1.165) is 12.8 Å². The number of Topliss-reactive ketones (excluding diaryl/α,β-unsaturated/α-hetero) is 1. The zero-order valence-corrected chi connectivity index (χ0v) is 11.5. The molecule has 96 valence electrons. The Hall–Kier alpha value is -0.740. The normalized spacial score (nSPS) is 29.8. The molecule has 18 heavy (non-hydrogen) atoms. The van der Waals surface area contributed by atoms with Crippen LogP contribution in [0.25, 0.3) is 0 Å². The first kappa shape index (κ1) is 12.3. The van der Waals surface area contributed by atoms with Gasteiger partial charge < -0.3 is 5.32 Å². The lowest BCUT2D eigenvalue weighted by molar-refractivity contribution is -0.122. The lowest BCUT2D eigenvalue weighted by Gasteiger charge is -2.18. The van der Waals surface area contributed by atoms with E-state index in [4.69, 9.17) is 0 Å². The fourth-order valence-corrected chi connectivity index (χ4v) is 3.50. The van der Waals surface area contributed by atoms with Gasteiger partial charge in [0.2, 0.25) is 0 Å². The van der Waals surface area contributed by atoms with Gasteiger partial charge in [-0.15, -0.1) is 0 Å². The van der Waals surface area contributed by atoms with Crippen LogP contribution in [0, 0.1) is 11.7 Å². The van der Waals surface area contributed by atoms with Crippen LogP contribution in [0.1, 0.15) is 24.8 Å². The summed E-state index contributed by atoms with van der Waals surface area (Å²) >= 11 is 3.22. The maximum absolute atomic E-state index is 13.7. The Labute approximate surface area is 114 Å². The van der Waals surface area contributed by atoms with Gasteiger partial charge in [0.25, 0.3) is 0 Å². The summed E-state index contributed by atoms with van der Waals surface area (Å²) in [5, 5.41) is 3.45. The minimum atomic E-state index is -0.297. The molecular weight excluding hydrogens is 297 g/mol. The quantitative estimate of drug-likeness (QED) is 0.930. The van der Waals surface area contributed by atoms with E-state index in [1.54, 1.807) is 12.1 Å². The molecular formula is C14H15BrFNO. The lowest BCUT2D eigenvalue weighted by atomic mass is 9.84. The number of hydrogen-bond acceptors (Lipinski definition) is 2. The maximum Gasteiger partial charge on any atom is 0.142 e. The van der Waals surface area contributed by atoms with Crippen LogP contribution in [0.5, 0.6) is 0 Å². The molecule has 2 heterocycles. The first-order valence-electron chi connectivity index (χ1n) is 6.36. The highest BCUT2D eigenvalue weighted by Gasteiger charge is 2.42. The van der Waals surface area contributed by atoms with Gasteiger partial charge in [-0.2, -0.15) is 0 Å². The van der Waals surface area contributed by atoms with Crippen LogP contribution in [-0.4, -0.2) is 17.9 Å². The predicted molar refractivity (Wildman–Crippen MR) is 70.9 cm³/mol. The Balaban J connectivity index is 1.71. The molecule has 2 aliphatic rings. The predicted octanol–water partition coefficient (Wildman–Crippen LogP) is 2.84. The van der Waals surface area contributed by atoms with Crippen molar-refractivity contribution in [1.29, 1.82) is 0 Å². The van der Waals surface area contributed by atoms with Gasteiger partial charge in [-0.1, -0.05) is 22.0 Å². The fraction of sp³-hybridized carbons (Fsp3) is 0.500. The van der Waals surface area contributed by atoms with Crippen molar-refractivity contribution in [1.82, 2.24) is 5.32 Å². The van der Waals surface area contributed by atoms with Crippen molar-refractivity contribution in [3.8, 4) is 0 Å². The summed E-state index contributed by atoms with van der Waals surface area (Å²) in [4.78, 5) is 12.2. The second kappa shape index (κ2) is 4.74. The summed E-state index contributed by atoms with van der Waals surface area (Å²) in [5.74, 6) is -0.0310. The van der Waals surface area contributed by atoms with Crippen molar-refractivity contribution in [3.05, 3.63) is 34.1 Å². The Bertz CT molecular complexity index is 491. The minimum Gasteiger partial charge on any atom is -0.310 e. The van der Waals surface area contributed by atoms with Gasteiger partial charge in [0.05, 0.1) is 0 Å². The van der Waals surface area contributed by atoms with E-state index < -0.39 is 0 Å². The molecule has 1 aromatic carbocycles. The maximum atomic E-state index is 13.7. The molecule has 2 bridgehead atoms. The molecule has 3 atom stereocenters. The molecule has 2 aliphatic heterocycles. The van der Waals surface area contributed by atoms with Crippen molar-refractivity contribution in [2.75, 3.05) is 0 Å². The smallest absolute Gasteiger partial charge is 0.142 e. The summed E-state index contributed by atoms with van der Waals surface area (Å²) in [5.41, 5.74) is 0.506. The van der Waals surface area contributed by atoms with Gasteiger partial charge in [-0.05, 0) is 37.0 Å². The largest absolute Gasteiger partial charge is 0.310 e. The molecule has 3 rings (SSSR count). The second-order valence-corrected chi connectivity index (χ2v) is 6.18. The molecule has 1 aromatic rings. The van der Waals surface area contributed by atoms with E-state index in [-0.39, 0.29) is 23.9 Å². The summed E-state index contributed by atoms with van der Waals surface area (Å²) in [6, 6.07) is 5.74. The molecule has 0 amide bonds. The van der Waals surface area contributed by atoms with E-state index in [1.165, 1.54) is 12.5 Å². The number of hydrogen-bond donors (Lipinski definition) is 1. The van der Waals surface area contributed by atoms with Crippen molar-refractivity contribution < 1.29 is 9.18 Å². The molecule has 2 nitrogen and oxygen atoms in total.